The van der Waals surface area contributed by atoms with Crippen LogP contribution in [0.4, 0.5) is 0 Å². The van der Waals surface area contributed by atoms with Crippen LogP contribution in [0.25, 0.3) is 0 Å². The predicted octanol–water partition coefficient (Wildman–Crippen LogP) is 2.01. The largest absolute Gasteiger partial charge is 0.375 e. The van der Waals surface area contributed by atoms with Gasteiger partial charge >= 0.3 is 0 Å². The molecular weight excluding hydrogens is 412 g/mol. The summed E-state index contributed by atoms with van der Waals surface area (Å²) in [6, 6.07) is 0. The molecular formula is C19H28N4O6S. The Labute approximate surface area is 175 Å². The quantitative estimate of drug-likeness (QED) is 0.664. The van der Waals surface area contributed by atoms with Crippen molar-refractivity contribution in [2.45, 2.75) is 63.1 Å². The highest BCUT2D eigenvalue weighted by Crippen LogP contribution is 2.40. The van der Waals surface area contributed by atoms with E-state index in [9.17, 15) is 8.42 Å². The summed E-state index contributed by atoms with van der Waals surface area (Å²) in [7, 11) is -2.04. The van der Waals surface area contributed by atoms with Crippen molar-refractivity contribution in [1.29, 1.82) is 0 Å². The highest BCUT2D eigenvalue weighted by atomic mass is 32.2. The molecule has 2 fully saturated rings. The Morgan fingerprint density at radius 2 is 1.97 bits per heavy atom. The number of hydrogen-bond donors (Lipinski definition) is 0. The molecule has 0 aliphatic carbocycles. The molecule has 2 aromatic rings. The molecule has 2 aromatic heterocycles. The van der Waals surface area contributed by atoms with E-state index < -0.39 is 10.0 Å². The van der Waals surface area contributed by atoms with Gasteiger partial charge < -0.3 is 18.5 Å². The fourth-order valence-corrected chi connectivity index (χ4v) is 6.30. The first kappa shape index (κ1) is 21.4. The van der Waals surface area contributed by atoms with E-state index in [0.29, 0.717) is 68.2 Å². The van der Waals surface area contributed by atoms with Gasteiger partial charge in [0.15, 0.2) is 11.6 Å². The average Bonchev–Trinajstić information content (AvgIpc) is 3.28. The van der Waals surface area contributed by atoms with Gasteiger partial charge in [-0.2, -0.15) is 9.29 Å². The Morgan fingerprint density at radius 3 is 2.63 bits per heavy atom. The van der Waals surface area contributed by atoms with E-state index in [0.717, 1.165) is 19.3 Å². The molecule has 0 amide bonds. The summed E-state index contributed by atoms with van der Waals surface area (Å²) in [4.78, 5) is 4.56. The summed E-state index contributed by atoms with van der Waals surface area (Å²) >= 11 is 0. The van der Waals surface area contributed by atoms with Crippen LogP contribution >= 0.6 is 0 Å². The summed E-state index contributed by atoms with van der Waals surface area (Å²) in [5.41, 5.74) is 0.0990. The minimum atomic E-state index is -3.62. The summed E-state index contributed by atoms with van der Waals surface area (Å²) < 4.78 is 49.1. The van der Waals surface area contributed by atoms with E-state index in [1.165, 1.54) is 4.31 Å². The zero-order chi connectivity index (χ0) is 21.4. The zero-order valence-corrected chi connectivity index (χ0v) is 18.4. The Kier molecular flexibility index (Phi) is 5.97. The van der Waals surface area contributed by atoms with E-state index >= 15 is 0 Å². The van der Waals surface area contributed by atoms with Gasteiger partial charge in [-0.25, -0.2) is 8.42 Å². The maximum Gasteiger partial charge on any atom is 0.252 e. The zero-order valence-electron chi connectivity index (χ0n) is 17.6. The molecule has 2 aliphatic heterocycles. The molecule has 0 saturated carbocycles. The molecule has 30 heavy (non-hydrogen) atoms. The van der Waals surface area contributed by atoms with Crippen molar-refractivity contribution in [3.05, 3.63) is 23.2 Å². The smallest absolute Gasteiger partial charge is 0.252 e. The Balaban J connectivity index is 1.39. The molecule has 2 saturated heterocycles. The van der Waals surface area contributed by atoms with Crippen molar-refractivity contribution in [1.82, 2.24) is 19.6 Å². The van der Waals surface area contributed by atoms with Crippen LogP contribution in [-0.2, 0) is 32.5 Å². The van der Waals surface area contributed by atoms with Crippen molar-refractivity contribution in [3.63, 3.8) is 0 Å². The van der Waals surface area contributed by atoms with Gasteiger partial charge in [-0.3, -0.25) is 0 Å². The predicted molar refractivity (Wildman–Crippen MR) is 104 cm³/mol. The lowest BCUT2D eigenvalue weighted by Crippen LogP contribution is -2.51. The van der Waals surface area contributed by atoms with Crippen LogP contribution in [-0.4, -0.2) is 60.4 Å². The van der Waals surface area contributed by atoms with E-state index in [2.05, 4.69) is 15.3 Å². The number of hydrogen-bond acceptors (Lipinski definition) is 9. The minimum absolute atomic E-state index is 0.185. The SMILES string of the molecule is COCc1nc(CC2CCOC3(CCN(S(=O)(=O)c4c(C)noc4C)CC3)C2)no1. The van der Waals surface area contributed by atoms with Crippen LogP contribution in [0.15, 0.2) is 13.9 Å². The number of ether oxygens (including phenoxy) is 2. The highest BCUT2D eigenvalue weighted by molar-refractivity contribution is 7.89. The summed E-state index contributed by atoms with van der Waals surface area (Å²) in [5.74, 6) is 1.86. The van der Waals surface area contributed by atoms with Gasteiger partial charge in [0, 0.05) is 33.2 Å². The molecule has 166 valence electrons. The molecule has 10 nitrogen and oxygen atoms in total. The summed E-state index contributed by atoms with van der Waals surface area (Å²) in [6.07, 6.45) is 3.83. The lowest BCUT2D eigenvalue weighted by Gasteiger charge is -2.45. The third-order valence-electron chi connectivity index (χ3n) is 6.04. The molecule has 0 bridgehead atoms. The molecule has 1 unspecified atom stereocenters. The number of methoxy groups -OCH3 is 1. The molecule has 0 aromatic carbocycles. The van der Waals surface area contributed by atoms with Crippen molar-refractivity contribution in [3.8, 4) is 0 Å². The second-order valence-corrected chi connectivity index (χ2v) is 10.1. The monoisotopic (exact) mass is 440 g/mol. The third-order valence-corrected chi connectivity index (χ3v) is 8.19. The van der Waals surface area contributed by atoms with Crippen molar-refractivity contribution in [2.75, 3.05) is 26.8 Å². The minimum Gasteiger partial charge on any atom is -0.375 e. The van der Waals surface area contributed by atoms with Gasteiger partial charge in [0.05, 0.1) is 5.60 Å². The average molecular weight is 441 g/mol. The first-order chi connectivity index (χ1) is 14.3. The molecule has 2 aliphatic rings. The second-order valence-electron chi connectivity index (χ2n) is 8.19. The first-order valence-electron chi connectivity index (χ1n) is 10.2. The number of nitrogens with zero attached hydrogens (tertiary/aromatic N) is 4. The lowest BCUT2D eigenvalue weighted by molar-refractivity contribution is -0.120. The molecule has 4 heterocycles. The van der Waals surface area contributed by atoms with Gasteiger partial charge in [-0.15, -0.1) is 0 Å². The molecule has 4 rings (SSSR count). The standard InChI is InChI=1S/C19H28N4O6S/c1-13-18(14(2)28-21-13)30(24,25)23-7-5-19(6-8-23)11-15(4-9-27-19)10-16-20-17(12-26-3)29-22-16/h15H,4-12H2,1-3H3. The number of rotatable bonds is 6. The fraction of sp³-hybridized carbons (Fsp3) is 0.737. The Hall–Kier alpha value is -1.82. The Morgan fingerprint density at radius 1 is 1.20 bits per heavy atom. The normalized spacial score (nSPS) is 22.6. The maximum absolute atomic E-state index is 13.1. The number of piperidine rings is 1. The van der Waals surface area contributed by atoms with Crippen LogP contribution in [0, 0.1) is 19.8 Å². The number of aromatic nitrogens is 3. The van der Waals surface area contributed by atoms with Crippen LogP contribution in [0.5, 0.6) is 0 Å². The first-order valence-corrected chi connectivity index (χ1v) is 11.6. The van der Waals surface area contributed by atoms with Crippen LogP contribution in [0.1, 0.15) is 48.9 Å². The van der Waals surface area contributed by atoms with Gasteiger partial charge in [0.1, 0.15) is 17.2 Å². The van der Waals surface area contributed by atoms with E-state index in [1.807, 2.05) is 0 Å². The number of aryl methyl sites for hydroxylation is 2. The van der Waals surface area contributed by atoms with E-state index in [4.69, 9.17) is 18.5 Å². The van der Waals surface area contributed by atoms with Gasteiger partial charge in [0.2, 0.25) is 10.0 Å². The van der Waals surface area contributed by atoms with E-state index in [1.54, 1.807) is 21.0 Å². The van der Waals surface area contributed by atoms with Gasteiger partial charge in [-0.1, -0.05) is 10.3 Å². The van der Waals surface area contributed by atoms with Crippen LogP contribution in [0.3, 0.4) is 0 Å². The van der Waals surface area contributed by atoms with Crippen LogP contribution < -0.4 is 0 Å². The molecule has 11 heteroatoms. The summed E-state index contributed by atoms with van der Waals surface area (Å²) in [6.45, 7) is 5.08. The van der Waals surface area contributed by atoms with Crippen molar-refractivity contribution < 1.29 is 26.9 Å². The van der Waals surface area contributed by atoms with Crippen molar-refractivity contribution >= 4 is 10.0 Å². The Bertz CT molecular complexity index is 958. The second kappa shape index (κ2) is 8.37. The molecule has 0 radical (unpaired) electrons. The molecule has 1 spiro atoms. The van der Waals surface area contributed by atoms with Gasteiger partial charge in [-0.05, 0) is 45.4 Å². The lowest BCUT2D eigenvalue weighted by atomic mass is 9.78. The molecule has 1 atom stereocenters. The van der Waals surface area contributed by atoms with Crippen LogP contribution in [0.2, 0.25) is 0 Å². The highest BCUT2D eigenvalue weighted by Gasteiger charge is 2.44. The topological polar surface area (TPSA) is 121 Å². The third kappa shape index (κ3) is 4.16. The molecule has 0 N–H and O–H groups in total. The summed E-state index contributed by atoms with van der Waals surface area (Å²) in [5, 5.41) is 7.83. The fourth-order valence-electron chi connectivity index (χ4n) is 4.57. The van der Waals surface area contributed by atoms with Crippen molar-refractivity contribution in [2.24, 2.45) is 5.92 Å². The maximum atomic E-state index is 13.1. The van der Waals surface area contributed by atoms with Gasteiger partial charge in [0.25, 0.3) is 5.89 Å². The number of sulfonamides is 1. The van der Waals surface area contributed by atoms with E-state index in [-0.39, 0.29) is 10.5 Å².